The number of hydrogen-bond acceptors (Lipinski definition) is 2. The Kier molecular flexibility index (Phi) is 4.22. The van der Waals surface area contributed by atoms with Crippen molar-refractivity contribution in [2.24, 2.45) is 0 Å². The highest BCUT2D eigenvalue weighted by atomic mass is 79.9. The highest BCUT2D eigenvalue weighted by Crippen LogP contribution is 2.32. The SMILES string of the molecule is Cc1ccc(CN(C(=O)c2cc(Br)ccc2Br)C2CC2)o1. The van der Waals surface area contributed by atoms with Gasteiger partial charge in [-0.25, -0.2) is 0 Å². The van der Waals surface area contributed by atoms with Gasteiger partial charge in [0.15, 0.2) is 0 Å². The van der Waals surface area contributed by atoms with Crippen LogP contribution in [0.1, 0.15) is 34.7 Å². The summed E-state index contributed by atoms with van der Waals surface area (Å²) in [6.07, 6.45) is 2.13. The summed E-state index contributed by atoms with van der Waals surface area (Å²) in [6.45, 7) is 2.44. The lowest BCUT2D eigenvalue weighted by Crippen LogP contribution is -2.32. The van der Waals surface area contributed by atoms with E-state index in [1.54, 1.807) is 0 Å². The van der Waals surface area contributed by atoms with E-state index in [1.165, 1.54) is 0 Å². The van der Waals surface area contributed by atoms with E-state index in [1.807, 2.05) is 42.2 Å². The number of halogens is 2. The van der Waals surface area contributed by atoms with Crippen molar-refractivity contribution in [1.82, 2.24) is 4.90 Å². The molecule has 1 aromatic heterocycles. The predicted molar refractivity (Wildman–Crippen MR) is 88.2 cm³/mol. The summed E-state index contributed by atoms with van der Waals surface area (Å²) >= 11 is 6.89. The first kappa shape index (κ1) is 14.9. The Labute approximate surface area is 140 Å². The molecule has 5 heteroatoms. The summed E-state index contributed by atoms with van der Waals surface area (Å²) in [7, 11) is 0. The molecule has 110 valence electrons. The average molecular weight is 413 g/mol. The van der Waals surface area contributed by atoms with Crippen LogP contribution in [0, 0.1) is 6.92 Å². The number of benzene rings is 1. The number of furan rings is 1. The van der Waals surface area contributed by atoms with Crippen molar-refractivity contribution >= 4 is 37.8 Å². The van der Waals surface area contributed by atoms with Crippen LogP contribution in [0.4, 0.5) is 0 Å². The summed E-state index contributed by atoms with van der Waals surface area (Å²) in [5, 5.41) is 0. The number of carbonyl (C=O) groups excluding carboxylic acids is 1. The van der Waals surface area contributed by atoms with Crippen molar-refractivity contribution in [2.45, 2.75) is 32.4 Å². The zero-order valence-electron chi connectivity index (χ0n) is 11.6. The zero-order valence-corrected chi connectivity index (χ0v) is 14.8. The molecule has 1 fully saturated rings. The first-order valence-electron chi connectivity index (χ1n) is 6.86. The largest absolute Gasteiger partial charge is 0.464 e. The third-order valence-corrected chi connectivity index (χ3v) is 4.71. The second kappa shape index (κ2) is 5.97. The minimum atomic E-state index is 0.0414. The molecule has 2 aromatic rings. The van der Waals surface area contributed by atoms with E-state index in [0.717, 1.165) is 33.3 Å². The molecule has 0 radical (unpaired) electrons. The minimum Gasteiger partial charge on any atom is -0.464 e. The Morgan fingerprint density at radius 3 is 2.67 bits per heavy atom. The molecule has 1 aliphatic rings. The van der Waals surface area contributed by atoms with Gasteiger partial charge in [-0.3, -0.25) is 4.79 Å². The number of amides is 1. The quantitative estimate of drug-likeness (QED) is 0.714. The van der Waals surface area contributed by atoms with Gasteiger partial charge in [-0.2, -0.15) is 0 Å². The molecule has 3 nitrogen and oxygen atoms in total. The lowest BCUT2D eigenvalue weighted by molar-refractivity contribution is 0.0716. The van der Waals surface area contributed by atoms with Gasteiger partial charge in [0.1, 0.15) is 11.5 Å². The summed E-state index contributed by atoms with van der Waals surface area (Å²) in [5.41, 5.74) is 0.680. The van der Waals surface area contributed by atoms with Gasteiger partial charge in [-0.15, -0.1) is 0 Å². The van der Waals surface area contributed by atoms with Crippen molar-refractivity contribution in [3.05, 3.63) is 56.4 Å². The van der Waals surface area contributed by atoms with Crippen molar-refractivity contribution in [1.29, 1.82) is 0 Å². The molecule has 0 spiro atoms. The van der Waals surface area contributed by atoms with E-state index in [2.05, 4.69) is 31.9 Å². The van der Waals surface area contributed by atoms with Crippen LogP contribution in [0.3, 0.4) is 0 Å². The van der Waals surface area contributed by atoms with Crippen LogP contribution in [0.5, 0.6) is 0 Å². The van der Waals surface area contributed by atoms with Gasteiger partial charge >= 0.3 is 0 Å². The highest BCUT2D eigenvalue weighted by Gasteiger charge is 2.34. The molecule has 0 aliphatic heterocycles. The maximum Gasteiger partial charge on any atom is 0.255 e. The summed E-state index contributed by atoms with van der Waals surface area (Å²) in [5.74, 6) is 1.75. The molecular formula is C16H15Br2NO2. The van der Waals surface area contributed by atoms with Crippen molar-refractivity contribution in [3.8, 4) is 0 Å². The van der Waals surface area contributed by atoms with Gasteiger partial charge < -0.3 is 9.32 Å². The van der Waals surface area contributed by atoms with E-state index >= 15 is 0 Å². The lowest BCUT2D eigenvalue weighted by Gasteiger charge is -2.22. The van der Waals surface area contributed by atoms with E-state index in [4.69, 9.17) is 4.42 Å². The second-order valence-electron chi connectivity index (χ2n) is 5.30. The Balaban J connectivity index is 1.86. The molecule has 1 heterocycles. The molecule has 1 amide bonds. The van der Waals surface area contributed by atoms with Crippen molar-refractivity contribution < 1.29 is 9.21 Å². The van der Waals surface area contributed by atoms with Crippen LogP contribution in [-0.4, -0.2) is 16.8 Å². The second-order valence-corrected chi connectivity index (χ2v) is 7.07. The van der Waals surface area contributed by atoms with E-state index in [-0.39, 0.29) is 5.91 Å². The topological polar surface area (TPSA) is 33.5 Å². The monoisotopic (exact) mass is 411 g/mol. The number of hydrogen-bond donors (Lipinski definition) is 0. The van der Waals surface area contributed by atoms with Gasteiger partial charge in [0.25, 0.3) is 5.91 Å². The molecule has 0 atom stereocenters. The molecule has 21 heavy (non-hydrogen) atoms. The summed E-state index contributed by atoms with van der Waals surface area (Å²) in [4.78, 5) is 14.8. The fourth-order valence-electron chi connectivity index (χ4n) is 2.31. The van der Waals surface area contributed by atoms with Gasteiger partial charge in [-0.05, 0) is 66.0 Å². The normalized spacial score (nSPS) is 14.2. The van der Waals surface area contributed by atoms with Crippen molar-refractivity contribution in [3.63, 3.8) is 0 Å². The fourth-order valence-corrected chi connectivity index (χ4v) is 3.08. The molecule has 0 saturated heterocycles. The molecule has 3 rings (SSSR count). The van der Waals surface area contributed by atoms with Gasteiger partial charge in [0, 0.05) is 15.0 Å². The molecule has 0 bridgehead atoms. The van der Waals surface area contributed by atoms with Crippen LogP contribution in [0.25, 0.3) is 0 Å². The summed E-state index contributed by atoms with van der Waals surface area (Å²) in [6, 6.07) is 9.86. The molecule has 1 aliphatic carbocycles. The molecule has 0 N–H and O–H groups in total. The van der Waals surface area contributed by atoms with E-state index in [9.17, 15) is 4.79 Å². The average Bonchev–Trinajstić information content (AvgIpc) is 3.21. The van der Waals surface area contributed by atoms with E-state index in [0.29, 0.717) is 18.2 Å². The van der Waals surface area contributed by atoms with Crippen LogP contribution in [-0.2, 0) is 6.54 Å². The highest BCUT2D eigenvalue weighted by molar-refractivity contribution is 9.11. The number of aryl methyl sites for hydroxylation is 1. The number of carbonyl (C=O) groups is 1. The van der Waals surface area contributed by atoms with Crippen molar-refractivity contribution in [2.75, 3.05) is 0 Å². The van der Waals surface area contributed by atoms with Crippen LogP contribution < -0.4 is 0 Å². The molecular weight excluding hydrogens is 398 g/mol. The lowest BCUT2D eigenvalue weighted by atomic mass is 10.2. The van der Waals surface area contributed by atoms with Crippen LogP contribution >= 0.6 is 31.9 Å². The summed E-state index contributed by atoms with van der Waals surface area (Å²) < 4.78 is 7.34. The van der Waals surface area contributed by atoms with Crippen LogP contribution in [0.2, 0.25) is 0 Å². The molecule has 1 saturated carbocycles. The molecule has 1 aromatic carbocycles. The molecule has 0 unspecified atom stereocenters. The third-order valence-electron chi connectivity index (χ3n) is 3.53. The Morgan fingerprint density at radius 1 is 1.29 bits per heavy atom. The van der Waals surface area contributed by atoms with E-state index < -0.39 is 0 Å². The Morgan fingerprint density at radius 2 is 2.05 bits per heavy atom. The first-order chi connectivity index (χ1) is 10.0. The predicted octanol–water partition coefficient (Wildman–Crippen LogP) is 4.92. The Hall–Kier alpha value is -1.07. The Bertz CT molecular complexity index is 677. The number of nitrogens with zero attached hydrogens (tertiary/aromatic N) is 1. The van der Waals surface area contributed by atoms with Crippen LogP contribution in [0.15, 0.2) is 43.7 Å². The standard InChI is InChI=1S/C16H15Br2NO2/c1-10-2-6-13(21-10)9-19(12-4-5-12)16(20)14-8-11(17)3-7-15(14)18/h2-3,6-8,12H,4-5,9H2,1H3. The smallest absolute Gasteiger partial charge is 0.255 e. The maximum absolute atomic E-state index is 12.8. The van der Waals surface area contributed by atoms with Gasteiger partial charge in [-0.1, -0.05) is 15.9 Å². The first-order valence-corrected chi connectivity index (χ1v) is 8.44. The fraction of sp³-hybridized carbons (Fsp3) is 0.312. The van der Waals surface area contributed by atoms with Gasteiger partial charge in [0.2, 0.25) is 0 Å². The third kappa shape index (κ3) is 3.40. The zero-order chi connectivity index (χ0) is 15.0. The minimum absolute atomic E-state index is 0.0414. The number of rotatable bonds is 4. The maximum atomic E-state index is 12.8. The van der Waals surface area contributed by atoms with Gasteiger partial charge in [0.05, 0.1) is 12.1 Å².